The van der Waals surface area contributed by atoms with Gasteiger partial charge in [0, 0.05) is 25.7 Å². The summed E-state index contributed by atoms with van der Waals surface area (Å²) < 4.78 is 68.3. The minimum Gasteiger partial charge on any atom is -0.462 e. The van der Waals surface area contributed by atoms with E-state index in [2.05, 4.69) is 48.5 Å². The number of aliphatic hydroxyl groups is 1. The number of unbranched alkanes of at least 4 members (excludes halogenated alkanes) is 36. The Morgan fingerprint density at radius 2 is 0.567 bits per heavy atom. The zero-order valence-corrected chi connectivity index (χ0v) is 60.4. The quantitative estimate of drug-likeness (QED) is 0.0222. The molecule has 0 amide bonds. The topological polar surface area (TPSA) is 237 Å². The maximum atomic E-state index is 13.0. The summed E-state index contributed by atoms with van der Waals surface area (Å²) in [5, 5.41) is 10.6. The van der Waals surface area contributed by atoms with Gasteiger partial charge in [-0.3, -0.25) is 37.3 Å². The van der Waals surface area contributed by atoms with Crippen LogP contribution in [0, 0.1) is 17.8 Å². The number of rotatable bonds is 69. The highest BCUT2D eigenvalue weighted by atomic mass is 31.2. The number of phosphoric acid groups is 2. The summed E-state index contributed by atoms with van der Waals surface area (Å²) in [6.45, 7) is 11.8. The Morgan fingerprint density at radius 1 is 0.322 bits per heavy atom. The normalized spacial score (nSPS) is 14.5. The first kappa shape index (κ1) is 88.1. The van der Waals surface area contributed by atoms with Crippen LogP contribution in [0.4, 0.5) is 0 Å². The maximum Gasteiger partial charge on any atom is 0.472 e. The second kappa shape index (κ2) is 61.9. The molecule has 0 heterocycles. The summed E-state index contributed by atoms with van der Waals surface area (Å²) in [5.74, 6) is 0.119. The van der Waals surface area contributed by atoms with Gasteiger partial charge >= 0.3 is 39.5 Å². The fraction of sp³-hybridized carbons (Fsp3) is 0.944. The average molecular weight is 1330 g/mol. The number of carbonyl (C=O) groups excluding carboxylic acids is 4. The SMILES string of the molecule is CCCCCCCCCCCCCCC(=O)OC[C@H](COP(=O)(O)OC[C@@H](O)COP(=O)(O)OC[C@@H](COC(=O)CCCCCCCCCC(C)C)OC(=O)CCCCCCCCCC(C)C)OC(=O)CCCCCCCCCCCCCCCCC(C)CC. The molecule has 0 aliphatic heterocycles. The van der Waals surface area contributed by atoms with E-state index in [1.807, 2.05) is 0 Å². The van der Waals surface area contributed by atoms with Crippen molar-refractivity contribution in [2.75, 3.05) is 39.6 Å². The fourth-order valence-corrected chi connectivity index (χ4v) is 12.3. The van der Waals surface area contributed by atoms with Gasteiger partial charge in [-0.15, -0.1) is 0 Å². The van der Waals surface area contributed by atoms with Gasteiger partial charge in [0.25, 0.3) is 0 Å². The molecular weight excluding hydrogens is 1190 g/mol. The Labute approximate surface area is 549 Å². The first-order valence-electron chi connectivity index (χ1n) is 36.9. The van der Waals surface area contributed by atoms with E-state index in [0.29, 0.717) is 37.5 Å². The van der Waals surface area contributed by atoms with Crippen LogP contribution in [0.5, 0.6) is 0 Å². The minimum atomic E-state index is -4.95. The van der Waals surface area contributed by atoms with Gasteiger partial charge in [-0.05, 0) is 43.4 Å². The van der Waals surface area contributed by atoms with Gasteiger partial charge in [-0.1, -0.05) is 305 Å². The van der Waals surface area contributed by atoms with E-state index >= 15 is 0 Å². The molecule has 3 N–H and O–H groups in total. The van der Waals surface area contributed by atoms with Crippen molar-refractivity contribution in [3.05, 3.63) is 0 Å². The van der Waals surface area contributed by atoms with Gasteiger partial charge in [0.1, 0.15) is 19.3 Å². The van der Waals surface area contributed by atoms with Crippen molar-refractivity contribution in [3.8, 4) is 0 Å². The molecule has 0 aliphatic carbocycles. The largest absolute Gasteiger partial charge is 0.472 e. The molecular formula is C71H138O17P2. The van der Waals surface area contributed by atoms with Crippen molar-refractivity contribution in [1.82, 2.24) is 0 Å². The van der Waals surface area contributed by atoms with Crippen LogP contribution in [-0.2, 0) is 65.4 Å². The van der Waals surface area contributed by atoms with Gasteiger partial charge in [0.2, 0.25) is 0 Å². The third-order valence-electron chi connectivity index (χ3n) is 16.7. The van der Waals surface area contributed by atoms with Crippen molar-refractivity contribution < 1.29 is 80.2 Å². The average Bonchev–Trinajstić information content (AvgIpc) is 2.97. The molecule has 6 atom stereocenters. The molecule has 3 unspecified atom stereocenters. The van der Waals surface area contributed by atoms with Gasteiger partial charge in [-0.2, -0.15) is 0 Å². The molecule has 0 saturated heterocycles. The molecule has 0 aromatic carbocycles. The van der Waals surface area contributed by atoms with Gasteiger partial charge in [0.05, 0.1) is 26.4 Å². The van der Waals surface area contributed by atoms with Crippen LogP contribution in [0.1, 0.15) is 357 Å². The lowest BCUT2D eigenvalue weighted by molar-refractivity contribution is -0.161. The molecule has 0 aromatic heterocycles. The molecule has 0 aromatic rings. The first-order chi connectivity index (χ1) is 43.3. The summed E-state index contributed by atoms with van der Waals surface area (Å²) in [5.41, 5.74) is 0. The Morgan fingerprint density at radius 3 is 0.844 bits per heavy atom. The van der Waals surface area contributed by atoms with Crippen LogP contribution in [0.15, 0.2) is 0 Å². The van der Waals surface area contributed by atoms with Crippen LogP contribution in [-0.4, -0.2) is 96.7 Å². The zero-order valence-electron chi connectivity index (χ0n) is 58.6. The second-order valence-electron chi connectivity index (χ2n) is 26.8. The van der Waals surface area contributed by atoms with E-state index in [1.54, 1.807) is 0 Å². The van der Waals surface area contributed by atoms with E-state index < -0.39 is 97.5 Å². The Kier molecular flexibility index (Phi) is 60.6. The van der Waals surface area contributed by atoms with Crippen LogP contribution in [0.3, 0.4) is 0 Å². The van der Waals surface area contributed by atoms with E-state index in [4.69, 9.17) is 37.0 Å². The highest BCUT2D eigenvalue weighted by molar-refractivity contribution is 7.47. The van der Waals surface area contributed by atoms with Crippen molar-refractivity contribution in [1.29, 1.82) is 0 Å². The molecule has 0 fully saturated rings. The van der Waals surface area contributed by atoms with Gasteiger partial charge in [-0.25, -0.2) is 9.13 Å². The lowest BCUT2D eigenvalue weighted by atomic mass is 9.99. The Hall–Kier alpha value is -1.94. The highest BCUT2D eigenvalue weighted by Gasteiger charge is 2.30. The van der Waals surface area contributed by atoms with Crippen molar-refractivity contribution in [2.45, 2.75) is 375 Å². The molecule has 0 radical (unpaired) electrons. The molecule has 534 valence electrons. The molecule has 0 spiro atoms. The van der Waals surface area contributed by atoms with Gasteiger partial charge in [0.15, 0.2) is 12.2 Å². The van der Waals surface area contributed by atoms with Crippen LogP contribution in [0.25, 0.3) is 0 Å². The van der Waals surface area contributed by atoms with Gasteiger partial charge < -0.3 is 33.8 Å². The highest BCUT2D eigenvalue weighted by Crippen LogP contribution is 2.45. The first-order valence-corrected chi connectivity index (χ1v) is 39.9. The minimum absolute atomic E-state index is 0.103. The van der Waals surface area contributed by atoms with Crippen LogP contribution < -0.4 is 0 Å². The molecule has 17 nitrogen and oxygen atoms in total. The van der Waals surface area contributed by atoms with E-state index in [9.17, 15) is 43.2 Å². The number of ether oxygens (including phenoxy) is 4. The van der Waals surface area contributed by atoms with Crippen LogP contribution in [0.2, 0.25) is 0 Å². The standard InChI is InChI=1S/C71H138O17P2/c1-8-10-11-12-13-14-15-21-24-31-38-45-52-68(73)81-58-66(87-70(75)54-47-40-32-25-22-19-17-16-18-20-23-30-37-44-51-64(7)9-2)60-85-89(77,78)83-56-65(72)57-84-90(79,80)86-61-67(88-71(76)55-48-41-34-27-29-36-43-50-63(5)6)59-82-69(74)53-46-39-33-26-28-35-42-49-62(3)4/h62-67,72H,8-61H2,1-7H3,(H,77,78)(H,79,80)/t64?,65-,66-,67-/m1/s1. The lowest BCUT2D eigenvalue weighted by Crippen LogP contribution is -2.30. The van der Waals surface area contributed by atoms with Crippen molar-refractivity contribution >= 4 is 39.5 Å². The van der Waals surface area contributed by atoms with E-state index in [1.165, 1.54) is 161 Å². The predicted molar refractivity (Wildman–Crippen MR) is 363 cm³/mol. The number of aliphatic hydroxyl groups excluding tert-OH is 1. The fourth-order valence-electron chi connectivity index (χ4n) is 10.7. The predicted octanol–water partition coefficient (Wildman–Crippen LogP) is 20.2. The third kappa shape index (κ3) is 63.5. The smallest absolute Gasteiger partial charge is 0.462 e. The van der Waals surface area contributed by atoms with Crippen LogP contribution >= 0.6 is 15.6 Å². The number of hydrogen-bond donors (Lipinski definition) is 3. The number of hydrogen-bond acceptors (Lipinski definition) is 15. The monoisotopic (exact) mass is 1320 g/mol. The Bertz CT molecular complexity index is 1770. The molecule has 0 bridgehead atoms. The summed E-state index contributed by atoms with van der Waals surface area (Å²) >= 11 is 0. The second-order valence-corrected chi connectivity index (χ2v) is 29.7. The number of phosphoric ester groups is 2. The zero-order chi connectivity index (χ0) is 66.6. The molecule has 0 aliphatic rings. The van der Waals surface area contributed by atoms with Crippen molar-refractivity contribution in [3.63, 3.8) is 0 Å². The summed E-state index contributed by atoms with van der Waals surface area (Å²) in [6.07, 6.45) is 45.9. The maximum absolute atomic E-state index is 13.0. The summed E-state index contributed by atoms with van der Waals surface area (Å²) in [6, 6.07) is 0. The number of esters is 4. The summed E-state index contributed by atoms with van der Waals surface area (Å²) in [4.78, 5) is 72.5. The van der Waals surface area contributed by atoms with E-state index in [-0.39, 0.29) is 25.7 Å². The summed E-state index contributed by atoms with van der Waals surface area (Å²) in [7, 11) is -9.90. The third-order valence-corrected chi connectivity index (χ3v) is 18.6. The molecule has 90 heavy (non-hydrogen) atoms. The lowest BCUT2D eigenvalue weighted by Gasteiger charge is -2.21. The number of carbonyl (C=O) groups is 4. The molecule has 0 saturated carbocycles. The molecule has 0 rings (SSSR count). The van der Waals surface area contributed by atoms with E-state index in [0.717, 1.165) is 102 Å². The van der Waals surface area contributed by atoms with Crippen molar-refractivity contribution in [2.24, 2.45) is 17.8 Å². The Balaban J connectivity index is 5.22. The molecule has 19 heteroatoms.